The molecule has 148 valence electrons. The molecule has 2 aliphatic rings. The van der Waals surface area contributed by atoms with Crippen LogP contribution in [0.3, 0.4) is 0 Å². The van der Waals surface area contributed by atoms with Crippen LogP contribution in [0.2, 0.25) is 0 Å². The van der Waals surface area contributed by atoms with Crippen molar-refractivity contribution in [3.63, 3.8) is 0 Å². The third-order valence-electron chi connectivity index (χ3n) is 5.27. The first-order valence-electron chi connectivity index (χ1n) is 9.60. The summed E-state index contributed by atoms with van der Waals surface area (Å²) in [6.45, 7) is 0. The highest BCUT2D eigenvalue weighted by Gasteiger charge is 2.52. The SMILES string of the molecule is CN1C(=O)[C@@]2(N=C(N)NC(N(c3ccccc3)c3ccccc3)=N2)c2ccccc21. The summed E-state index contributed by atoms with van der Waals surface area (Å²) >= 11 is 0. The van der Waals surface area contributed by atoms with Crippen molar-refractivity contribution >= 4 is 34.9 Å². The van der Waals surface area contributed by atoms with E-state index in [-0.39, 0.29) is 11.9 Å². The number of nitrogens with one attached hydrogen (secondary N) is 1. The number of nitrogens with zero attached hydrogens (tertiary/aromatic N) is 4. The predicted molar refractivity (Wildman–Crippen MR) is 119 cm³/mol. The normalized spacial score (nSPS) is 19.8. The van der Waals surface area contributed by atoms with Crippen LogP contribution in [0.5, 0.6) is 0 Å². The number of carbonyl (C=O) groups excluding carboxylic acids is 1. The lowest BCUT2D eigenvalue weighted by atomic mass is 10.0. The van der Waals surface area contributed by atoms with Crippen molar-refractivity contribution in [2.45, 2.75) is 5.66 Å². The summed E-state index contributed by atoms with van der Waals surface area (Å²) in [6.07, 6.45) is 0. The molecule has 7 heteroatoms. The molecule has 3 aromatic rings. The van der Waals surface area contributed by atoms with Gasteiger partial charge in [0.2, 0.25) is 5.96 Å². The fourth-order valence-corrected chi connectivity index (χ4v) is 3.91. The quantitative estimate of drug-likeness (QED) is 0.697. The highest BCUT2D eigenvalue weighted by Crippen LogP contribution is 2.44. The number of hydrogen-bond donors (Lipinski definition) is 2. The van der Waals surface area contributed by atoms with Crippen LogP contribution < -0.4 is 20.9 Å². The molecule has 3 aromatic carbocycles. The summed E-state index contributed by atoms with van der Waals surface area (Å²) in [7, 11) is 1.73. The molecule has 1 atom stereocenters. The van der Waals surface area contributed by atoms with E-state index in [2.05, 4.69) is 10.3 Å². The van der Waals surface area contributed by atoms with Crippen molar-refractivity contribution in [1.82, 2.24) is 5.32 Å². The van der Waals surface area contributed by atoms with Crippen LogP contribution >= 0.6 is 0 Å². The molecule has 2 aliphatic heterocycles. The summed E-state index contributed by atoms with van der Waals surface area (Å²) in [4.78, 5) is 26.2. The van der Waals surface area contributed by atoms with Crippen LogP contribution in [0.4, 0.5) is 17.1 Å². The molecule has 0 aromatic heterocycles. The molecule has 30 heavy (non-hydrogen) atoms. The van der Waals surface area contributed by atoms with E-state index >= 15 is 0 Å². The van der Waals surface area contributed by atoms with Crippen LogP contribution in [0.1, 0.15) is 5.56 Å². The Balaban J connectivity index is 1.72. The van der Waals surface area contributed by atoms with Crippen molar-refractivity contribution in [1.29, 1.82) is 0 Å². The Morgan fingerprint density at radius 3 is 2.07 bits per heavy atom. The first-order valence-corrected chi connectivity index (χ1v) is 9.60. The number of anilines is 3. The zero-order valence-electron chi connectivity index (χ0n) is 16.4. The lowest BCUT2D eigenvalue weighted by molar-refractivity contribution is -0.122. The van der Waals surface area contributed by atoms with E-state index in [0.717, 1.165) is 17.1 Å². The molecule has 0 unspecified atom stereocenters. The fourth-order valence-electron chi connectivity index (χ4n) is 3.91. The van der Waals surface area contributed by atoms with Crippen molar-refractivity contribution in [2.75, 3.05) is 16.8 Å². The number of benzene rings is 3. The molecular weight excluding hydrogens is 376 g/mol. The molecular formula is C23H20N6O. The summed E-state index contributed by atoms with van der Waals surface area (Å²) in [6, 6.07) is 27.1. The van der Waals surface area contributed by atoms with E-state index < -0.39 is 5.66 Å². The summed E-state index contributed by atoms with van der Waals surface area (Å²) in [5, 5.41) is 3.06. The van der Waals surface area contributed by atoms with Gasteiger partial charge in [0.05, 0.1) is 5.69 Å². The number of amides is 1. The molecule has 1 amide bonds. The Morgan fingerprint density at radius 1 is 0.867 bits per heavy atom. The number of fused-ring (bicyclic) bond motifs is 2. The van der Waals surface area contributed by atoms with Gasteiger partial charge in [0, 0.05) is 24.0 Å². The Hall–Kier alpha value is -4.13. The monoisotopic (exact) mass is 396 g/mol. The molecule has 5 rings (SSSR count). The van der Waals surface area contributed by atoms with Gasteiger partial charge in [-0.25, -0.2) is 9.98 Å². The third-order valence-corrected chi connectivity index (χ3v) is 5.27. The largest absolute Gasteiger partial charge is 0.370 e. The van der Waals surface area contributed by atoms with Gasteiger partial charge in [-0.2, -0.15) is 0 Å². The number of guanidine groups is 2. The fraction of sp³-hybridized carbons (Fsp3) is 0.0870. The van der Waals surface area contributed by atoms with E-state index in [1.807, 2.05) is 89.8 Å². The average Bonchev–Trinajstić information content (AvgIpc) is 2.97. The molecule has 3 N–H and O–H groups in total. The van der Waals surface area contributed by atoms with Crippen molar-refractivity contribution < 1.29 is 4.79 Å². The first-order chi connectivity index (χ1) is 14.6. The van der Waals surface area contributed by atoms with E-state index in [0.29, 0.717) is 11.5 Å². The zero-order chi connectivity index (χ0) is 20.7. The first kappa shape index (κ1) is 17.9. The highest BCUT2D eigenvalue weighted by atomic mass is 16.2. The predicted octanol–water partition coefficient (Wildman–Crippen LogP) is 2.93. The Bertz CT molecular complexity index is 1140. The van der Waals surface area contributed by atoms with Crippen molar-refractivity contribution in [2.24, 2.45) is 15.7 Å². The smallest absolute Gasteiger partial charge is 0.282 e. The standard InChI is InChI=1S/C23H20N6O/c1-28-19-15-9-8-14-18(19)23(20(28)30)26-21(24)25-22(27-23)29(16-10-4-2-5-11-16)17-12-6-3-7-13-17/h2-15H,1H3,(H3,24,25,26,27)/t23-/m1/s1. The van der Waals surface area contributed by atoms with Gasteiger partial charge < -0.3 is 10.6 Å². The molecule has 0 saturated carbocycles. The van der Waals surface area contributed by atoms with Gasteiger partial charge in [-0.1, -0.05) is 54.6 Å². The second-order valence-electron chi connectivity index (χ2n) is 7.12. The number of para-hydroxylation sites is 3. The van der Waals surface area contributed by atoms with Crippen molar-refractivity contribution in [3.05, 3.63) is 90.5 Å². The van der Waals surface area contributed by atoms with E-state index in [1.165, 1.54) is 0 Å². The average molecular weight is 396 g/mol. The van der Waals surface area contributed by atoms with E-state index in [4.69, 9.17) is 10.7 Å². The number of nitrogens with two attached hydrogens (primary N) is 1. The van der Waals surface area contributed by atoms with E-state index in [9.17, 15) is 4.79 Å². The number of likely N-dealkylation sites (N-methyl/N-ethyl adjacent to an activating group) is 1. The molecule has 1 spiro atoms. The van der Waals surface area contributed by atoms with Gasteiger partial charge in [0.1, 0.15) is 0 Å². The minimum atomic E-state index is -1.45. The Kier molecular flexibility index (Phi) is 4.03. The minimum Gasteiger partial charge on any atom is -0.370 e. The van der Waals surface area contributed by atoms with Crippen LogP contribution in [0.25, 0.3) is 0 Å². The van der Waals surface area contributed by atoms with Crippen LogP contribution in [0.15, 0.2) is 94.9 Å². The summed E-state index contributed by atoms with van der Waals surface area (Å²) < 4.78 is 0. The third kappa shape index (κ3) is 2.63. The maximum atomic E-state index is 13.3. The maximum Gasteiger partial charge on any atom is 0.282 e. The number of carbonyl (C=O) groups is 1. The van der Waals surface area contributed by atoms with Crippen LogP contribution in [-0.2, 0) is 10.5 Å². The molecule has 2 heterocycles. The van der Waals surface area contributed by atoms with Gasteiger partial charge in [-0.05, 0) is 30.3 Å². The van der Waals surface area contributed by atoms with Gasteiger partial charge in [-0.3, -0.25) is 15.0 Å². The van der Waals surface area contributed by atoms with Gasteiger partial charge in [0.15, 0.2) is 5.96 Å². The van der Waals surface area contributed by atoms with E-state index in [1.54, 1.807) is 11.9 Å². The number of aliphatic imine (C=N–C) groups is 2. The van der Waals surface area contributed by atoms with Crippen molar-refractivity contribution in [3.8, 4) is 0 Å². The molecule has 0 fully saturated rings. The Morgan fingerprint density at radius 2 is 1.43 bits per heavy atom. The lowest BCUT2D eigenvalue weighted by Gasteiger charge is -2.32. The van der Waals surface area contributed by atoms with Crippen LogP contribution in [0, 0.1) is 0 Å². The summed E-state index contributed by atoms with van der Waals surface area (Å²) in [5.74, 6) is 0.320. The van der Waals surface area contributed by atoms with Gasteiger partial charge >= 0.3 is 0 Å². The molecule has 7 nitrogen and oxygen atoms in total. The number of rotatable bonds is 2. The second kappa shape index (κ2) is 6.73. The Labute approximate surface area is 174 Å². The summed E-state index contributed by atoms with van der Waals surface area (Å²) in [5.41, 5.74) is 8.00. The van der Waals surface area contributed by atoms with Gasteiger partial charge in [-0.15, -0.1) is 0 Å². The van der Waals surface area contributed by atoms with Gasteiger partial charge in [0.25, 0.3) is 11.6 Å². The zero-order valence-corrected chi connectivity index (χ0v) is 16.4. The molecule has 0 aliphatic carbocycles. The minimum absolute atomic E-state index is 0.135. The molecule has 0 radical (unpaired) electrons. The second-order valence-corrected chi connectivity index (χ2v) is 7.12. The number of hydrogen-bond acceptors (Lipinski definition) is 6. The molecule has 0 saturated heterocycles. The highest BCUT2D eigenvalue weighted by molar-refractivity contribution is 6.16. The molecule has 0 bridgehead atoms. The lowest BCUT2D eigenvalue weighted by Crippen LogP contribution is -2.53. The van der Waals surface area contributed by atoms with Crippen LogP contribution in [-0.4, -0.2) is 24.9 Å². The maximum absolute atomic E-state index is 13.3. The topological polar surface area (TPSA) is 86.3 Å².